The van der Waals surface area contributed by atoms with Gasteiger partial charge < -0.3 is 15.2 Å². The minimum atomic E-state index is -0.375. The molecule has 0 saturated heterocycles. The molecular formula is C22H24IrN3O2S2-. The largest absolute Gasteiger partial charge is 0.393 e. The molecule has 0 aliphatic rings. The van der Waals surface area contributed by atoms with E-state index < -0.39 is 0 Å². The minimum absolute atomic E-state index is 0. The molecule has 30 heavy (non-hydrogen) atoms. The van der Waals surface area contributed by atoms with E-state index in [0.29, 0.717) is 6.42 Å². The Morgan fingerprint density at radius 2 is 1.47 bits per heavy atom. The third-order valence-electron chi connectivity index (χ3n) is 3.36. The van der Waals surface area contributed by atoms with Gasteiger partial charge in [0.05, 0.1) is 17.9 Å². The Morgan fingerprint density at radius 1 is 0.833 bits per heavy atom. The number of hydrogen-bond acceptors (Lipinski definition) is 7. The van der Waals surface area contributed by atoms with E-state index in [1.165, 1.54) is 0 Å². The molecule has 0 aliphatic carbocycles. The molecule has 0 fully saturated rings. The monoisotopic (exact) mass is 619 g/mol. The summed E-state index contributed by atoms with van der Waals surface area (Å²) < 4.78 is 0. The summed E-state index contributed by atoms with van der Waals surface area (Å²) in [6, 6.07) is 16.7. The third-order valence-corrected chi connectivity index (χ3v) is 4.99. The zero-order valence-corrected chi connectivity index (χ0v) is 20.7. The van der Waals surface area contributed by atoms with E-state index in [1.807, 2.05) is 53.2 Å². The average molecular weight is 619 g/mol. The predicted octanol–water partition coefficient (Wildman–Crippen LogP) is 4.95. The van der Waals surface area contributed by atoms with Crippen LogP contribution in [-0.4, -0.2) is 37.4 Å². The molecule has 161 valence electrons. The smallest absolute Gasteiger partial charge is 0.141 e. The van der Waals surface area contributed by atoms with Crippen LogP contribution in [0.3, 0.4) is 0 Å². The van der Waals surface area contributed by atoms with Crippen LogP contribution in [0.1, 0.15) is 20.3 Å². The Hall–Kier alpha value is -1.80. The van der Waals surface area contributed by atoms with Crippen LogP contribution >= 0.6 is 22.7 Å². The number of aromatic nitrogens is 3. The second-order valence-corrected chi connectivity index (χ2v) is 7.91. The van der Waals surface area contributed by atoms with Crippen molar-refractivity contribution in [2.24, 2.45) is 0 Å². The summed E-state index contributed by atoms with van der Waals surface area (Å²) in [5.74, 6) is 0. The van der Waals surface area contributed by atoms with E-state index in [1.54, 1.807) is 55.1 Å². The summed E-state index contributed by atoms with van der Waals surface area (Å²) in [5, 5.41) is 22.1. The van der Waals surface area contributed by atoms with E-state index in [0.717, 1.165) is 21.3 Å². The maximum atomic E-state index is 8.56. The van der Waals surface area contributed by atoms with Gasteiger partial charge in [-0.3, -0.25) is 4.98 Å². The molecule has 8 heteroatoms. The number of aliphatic hydroxyl groups excluding tert-OH is 2. The van der Waals surface area contributed by atoms with E-state index in [2.05, 4.69) is 21.0 Å². The minimum Gasteiger partial charge on any atom is -0.393 e. The van der Waals surface area contributed by atoms with Crippen molar-refractivity contribution < 1.29 is 30.3 Å². The van der Waals surface area contributed by atoms with Gasteiger partial charge in [0.1, 0.15) is 5.01 Å². The Morgan fingerprint density at radius 3 is 1.87 bits per heavy atom. The number of thiazole rings is 1. The van der Waals surface area contributed by atoms with Crippen LogP contribution in [-0.2, 0) is 20.1 Å². The van der Waals surface area contributed by atoms with Crippen LogP contribution in [0.25, 0.3) is 21.3 Å². The number of aliphatic hydroxyl groups is 2. The SMILES string of the molecule is CC(O)CC(C)O.[Ir].[c-]1ccsc1-c1ccccn1.c1ccc(-c2nccs2)nc1. The summed E-state index contributed by atoms with van der Waals surface area (Å²) in [4.78, 5) is 13.6. The molecule has 2 unspecified atom stereocenters. The van der Waals surface area contributed by atoms with E-state index >= 15 is 0 Å². The molecular weight excluding hydrogens is 595 g/mol. The first-order valence-electron chi connectivity index (χ1n) is 9.10. The molecule has 0 aromatic carbocycles. The van der Waals surface area contributed by atoms with Gasteiger partial charge in [0.15, 0.2) is 0 Å². The van der Waals surface area contributed by atoms with Crippen LogP contribution in [0.2, 0.25) is 0 Å². The van der Waals surface area contributed by atoms with Gasteiger partial charge in [0.25, 0.3) is 0 Å². The zero-order valence-electron chi connectivity index (χ0n) is 16.7. The van der Waals surface area contributed by atoms with Gasteiger partial charge in [0, 0.05) is 44.1 Å². The first-order chi connectivity index (χ1) is 14.1. The van der Waals surface area contributed by atoms with Gasteiger partial charge >= 0.3 is 0 Å². The first-order valence-corrected chi connectivity index (χ1v) is 10.9. The van der Waals surface area contributed by atoms with Gasteiger partial charge in [-0.15, -0.1) is 16.7 Å². The molecule has 0 amide bonds. The molecule has 4 aromatic rings. The summed E-state index contributed by atoms with van der Waals surface area (Å²) >= 11 is 3.26. The number of hydrogen-bond donors (Lipinski definition) is 2. The van der Waals surface area contributed by atoms with Crippen molar-refractivity contribution in [1.29, 1.82) is 0 Å². The Bertz CT molecular complexity index is 813. The van der Waals surface area contributed by atoms with Crippen LogP contribution < -0.4 is 0 Å². The van der Waals surface area contributed by atoms with E-state index in [9.17, 15) is 0 Å². The molecule has 5 nitrogen and oxygen atoms in total. The fraction of sp³-hybridized carbons (Fsp3) is 0.227. The van der Waals surface area contributed by atoms with Crippen LogP contribution in [0.5, 0.6) is 0 Å². The third kappa shape index (κ3) is 10.3. The van der Waals surface area contributed by atoms with E-state index in [-0.39, 0.29) is 32.3 Å². The van der Waals surface area contributed by atoms with Gasteiger partial charge in [-0.05, 0) is 44.2 Å². The maximum absolute atomic E-state index is 8.56. The second kappa shape index (κ2) is 15.1. The number of nitrogens with zero attached hydrogens (tertiary/aromatic N) is 3. The summed E-state index contributed by atoms with van der Waals surface area (Å²) in [6.45, 7) is 3.32. The van der Waals surface area contributed by atoms with Crippen molar-refractivity contribution in [2.45, 2.75) is 32.5 Å². The van der Waals surface area contributed by atoms with Crippen molar-refractivity contribution in [3.8, 4) is 21.3 Å². The molecule has 4 heterocycles. The molecule has 1 radical (unpaired) electrons. The van der Waals surface area contributed by atoms with Crippen molar-refractivity contribution in [3.63, 3.8) is 0 Å². The topological polar surface area (TPSA) is 79.1 Å². The number of thiophene rings is 1. The van der Waals surface area contributed by atoms with Crippen molar-refractivity contribution in [3.05, 3.63) is 77.9 Å². The second-order valence-electron chi connectivity index (χ2n) is 6.10. The summed E-state index contributed by atoms with van der Waals surface area (Å²) in [7, 11) is 0. The summed E-state index contributed by atoms with van der Waals surface area (Å²) in [6.07, 6.45) is 5.08. The van der Waals surface area contributed by atoms with Gasteiger partial charge in [0.2, 0.25) is 0 Å². The predicted molar refractivity (Wildman–Crippen MR) is 120 cm³/mol. The standard InChI is InChI=1S/C9H6NS.C8H6N2S.C5H12O2.Ir/c1-2-6-10-8(4-1)9-5-3-7-11-9;1-2-4-9-7(3-1)8-10-5-6-11-8;1-4(6)3-5(2)7;/h1-4,6-7H;1-6H;4-7H,3H2,1-2H3;/q-1;;;. The van der Waals surface area contributed by atoms with E-state index in [4.69, 9.17) is 10.2 Å². The number of rotatable bonds is 4. The molecule has 0 spiro atoms. The quantitative estimate of drug-likeness (QED) is 0.317. The van der Waals surface area contributed by atoms with Crippen LogP contribution in [0.4, 0.5) is 0 Å². The Labute approximate surface area is 198 Å². The first kappa shape index (κ1) is 26.2. The zero-order chi connectivity index (χ0) is 20.9. The van der Waals surface area contributed by atoms with Crippen molar-refractivity contribution in [1.82, 2.24) is 15.0 Å². The van der Waals surface area contributed by atoms with Gasteiger partial charge in [-0.25, -0.2) is 16.3 Å². The normalized spacial score (nSPS) is 11.6. The molecule has 4 aromatic heterocycles. The number of pyridine rings is 2. The Kier molecular flexibility index (Phi) is 13.2. The molecule has 4 rings (SSSR count). The van der Waals surface area contributed by atoms with Crippen molar-refractivity contribution >= 4 is 22.7 Å². The summed E-state index contributed by atoms with van der Waals surface area (Å²) in [5.41, 5.74) is 1.95. The average Bonchev–Trinajstić information content (AvgIpc) is 3.44. The fourth-order valence-corrected chi connectivity index (χ4v) is 3.47. The van der Waals surface area contributed by atoms with Crippen molar-refractivity contribution in [2.75, 3.05) is 0 Å². The molecule has 2 atom stereocenters. The van der Waals surface area contributed by atoms with Crippen LogP contribution in [0, 0.1) is 6.07 Å². The van der Waals surface area contributed by atoms with Crippen LogP contribution in [0.15, 0.2) is 71.8 Å². The molecule has 2 N–H and O–H groups in total. The fourth-order valence-electron chi connectivity index (χ4n) is 2.21. The Balaban J connectivity index is 0.000000229. The van der Waals surface area contributed by atoms with Gasteiger partial charge in [-0.1, -0.05) is 23.1 Å². The van der Waals surface area contributed by atoms with Gasteiger partial charge in [-0.2, -0.15) is 12.1 Å². The molecule has 0 bridgehead atoms. The maximum Gasteiger partial charge on any atom is 0.141 e. The molecule has 0 saturated carbocycles. The molecule has 0 aliphatic heterocycles.